The Labute approximate surface area is 115 Å². The smallest absolute Gasteiger partial charge is 0.155 e. The van der Waals surface area contributed by atoms with Gasteiger partial charge in [0.1, 0.15) is 17.0 Å². The van der Waals surface area contributed by atoms with E-state index in [2.05, 4.69) is 12.1 Å². The first-order valence-electron chi connectivity index (χ1n) is 6.15. The molecule has 2 N–H and O–H groups in total. The summed E-state index contributed by atoms with van der Waals surface area (Å²) in [6, 6.07) is 16.1. The number of nitrogens with two attached hydrogens (primary N) is 1. The van der Waals surface area contributed by atoms with Crippen molar-refractivity contribution in [1.29, 1.82) is 0 Å². The summed E-state index contributed by atoms with van der Waals surface area (Å²) < 4.78 is 5.98. The summed E-state index contributed by atoms with van der Waals surface area (Å²) in [7, 11) is 0. The Morgan fingerprint density at radius 1 is 1.00 bits per heavy atom. The lowest BCUT2D eigenvalue weighted by Gasteiger charge is -2.34. The molecule has 2 aromatic rings. The Balaban J connectivity index is 2.05. The highest BCUT2D eigenvalue weighted by molar-refractivity contribution is 8.14. The molecule has 4 heteroatoms. The minimum absolute atomic E-state index is 0.389. The van der Waals surface area contributed by atoms with Crippen molar-refractivity contribution in [3.05, 3.63) is 59.7 Å². The molecule has 2 aliphatic rings. The molecule has 0 saturated carbocycles. The highest BCUT2D eigenvalue weighted by Gasteiger charge is 2.45. The Hall–Kier alpha value is -1.94. The number of rotatable bonds is 0. The van der Waals surface area contributed by atoms with Crippen LogP contribution in [0.3, 0.4) is 0 Å². The molecule has 2 aromatic carbocycles. The third-order valence-corrected chi connectivity index (χ3v) is 4.56. The largest absolute Gasteiger partial charge is 0.457 e. The normalized spacial score (nSPS) is 18.4. The van der Waals surface area contributed by atoms with Crippen molar-refractivity contribution < 1.29 is 4.74 Å². The SMILES string of the molecule is NC1=NC2(CS1)c1ccccc1Oc1ccccc12. The summed E-state index contributed by atoms with van der Waals surface area (Å²) in [5.74, 6) is 2.58. The third kappa shape index (κ3) is 1.43. The molecule has 3 nitrogen and oxygen atoms in total. The molecule has 0 unspecified atom stereocenters. The number of para-hydroxylation sites is 2. The number of fused-ring (bicyclic) bond motifs is 4. The van der Waals surface area contributed by atoms with Crippen LogP contribution in [0.1, 0.15) is 11.1 Å². The van der Waals surface area contributed by atoms with E-state index in [4.69, 9.17) is 15.5 Å². The molecule has 0 fully saturated rings. The summed E-state index contributed by atoms with van der Waals surface area (Å²) in [5.41, 5.74) is 7.74. The van der Waals surface area contributed by atoms with Crippen molar-refractivity contribution in [2.24, 2.45) is 10.7 Å². The maximum absolute atomic E-state index is 5.98. The number of thioether (sulfide) groups is 1. The predicted molar refractivity (Wildman–Crippen MR) is 77.8 cm³/mol. The molecule has 4 rings (SSSR count). The molecule has 0 aromatic heterocycles. The van der Waals surface area contributed by atoms with Gasteiger partial charge in [0.25, 0.3) is 0 Å². The van der Waals surface area contributed by atoms with Gasteiger partial charge in [0.2, 0.25) is 0 Å². The lowest BCUT2D eigenvalue weighted by Crippen LogP contribution is -2.29. The molecule has 0 amide bonds. The monoisotopic (exact) mass is 268 g/mol. The maximum Gasteiger partial charge on any atom is 0.155 e. The number of benzene rings is 2. The summed E-state index contributed by atoms with van der Waals surface area (Å²) >= 11 is 1.60. The van der Waals surface area contributed by atoms with Crippen LogP contribution >= 0.6 is 11.8 Å². The van der Waals surface area contributed by atoms with E-state index in [0.29, 0.717) is 5.17 Å². The minimum atomic E-state index is -0.389. The molecule has 94 valence electrons. The maximum atomic E-state index is 5.98. The number of ether oxygens (including phenoxy) is 1. The number of aliphatic imine (C=N–C) groups is 1. The van der Waals surface area contributed by atoms with Crippen LogP contribution in [0.2, 0.25) is 0 Å². The Bertz CT molecular complexity index is 651. The van der Waals surface area contributed by atoms with Crippen molar-refractivity contribution in [1.82, 2.24) is 0 Å². The summed E-state index contributed by atoms with van der Waals surface area (Å²) in [6.45, 7) is 0. The van der Waals surface area contributed by atoms with E-state index < -0.39 is 0 Å². The van der Waals surface area contributed by atoms with E-state index in [1.807, 2.05) is 36.4 Å². The fraction of sp³-hybridized carbons (Fsp3) is 0.133. The summed E-state index contributed by atoms with van der Waals surface area (Å²) in [4.78, 5) is 4.74. The lowest BCUT2D eigenvalue weighted by atomic mass is 9.82. The van der Waals surface area contributed by atoms with Crippen molar-refractivity contribution in [3.8, 4) is 11.5 Å². The van der Waals surface area contributed by atoms with Crippen LogP contribution in [0.4, 0.5) is 0 Å². The van der Waals surface area contributed by atoms with Crippen LogP contribution in [0.15, 0.2) is 53.5 Å². The van der Waals surface area contributed by atoms with Gasteiger partial charge >= 0.3 is 0 Å². The average Bonchev–Trinajstić information content (AvgIpc) is 2.82. The van der Waals surface area contributed by atoms with E-state index in [1.165, 1.54) is 0 Å². The van der Waals surface area contributed by atoms with Crippen molar-refractivity contribution in [2.45, 2.75) is 5.54 Å². The fourth-order valence-corrected chi connectivity index (χ4v) is 3.72. The molecule has 2 aliphatic heterocycles. The van der Waals surface area contributed by atoms with Gasteiger partial charge in [-0.1, -0.05) is 48.2 Å². The topological polar surface area (TPSA) is 47.6 Å². The van der Waals surface area contributed by atoms with Crippen molar-refractivity contribution in [3.63, 3.8) is 0 Å². The molecule has 0 bridgehead atoms. The van der Waals surface area contributed by atoms with Gasteiger partial charge < -0.3 is 10.5 Å². The quantitative estimate of drug-likeness (QED) is 0.798. The van der Waals surface area contributed by atoms with Gasteiger partial charge in [-0.15, -0.1) is 0 Å². The van der Waals surface area contributed by atoms with E-state index in [1.54, 1.807) is 11.8 Å². The van der Waals surface area contributed by atoms with Gasteiger partial charge in [0.05, 0.1) is 0 Å². The second-order valence-electron chi connectivity index (χ2n) is 4.69. The van der Waals surface area contributed by atoms with Crippen LogP contribution < -0.4 is 10.5 Å². The first-order valence-corrected chi connectivity index (χ1v) is 7.13. The number of hydrogen-bond acceptors (Lipinski definition) is 4. The molecule has 19 heavy (non-hydrogen) atoms. The van der Waals surface area contributed by atoms with Crippen LogP contribution in [0, 0.1) is 0 Å². The Morgan fingerprint density at radius 2 is 1.58 bits per heavy atom. The van der Waals surface area contributed by atoms with Crippen LogP contribution in [0.25, 0.3) is 0 Å². The Morgan fingerprint density at radius 3 is 2.11 bits per heavy atom. The van der Waals surface area contributed by atoms with E-state index in [0.717, 1.165) is 28.4 Å². The van der Waals surface area contributed by atoms with Gasteiger partial charge in [0, 0.05) is 16.9 Å². The predicted octanol–water partition coefficient (Wildman–Crippen LogP) is 3.10. The molecule has 0 aliphatic carbocycles. The molecule has 0 radical (unpaired) electrons. The average molecular weight is 268 g/mol. The van der Waals surface area contributed by atoms with Crippen LogP contribution in [0.5, 0.6) is 11.5 Å². The van der Waals surface area contributed by atoms with Crippen LogP contribution in [-0.2, 0) is 5.54 Å². The van der Waals surface area contributed by atoms with Gasteiger partial charge in [0.15, 0.2) is 5.17 Å². The zero-order valence-corrected chi connectivity index (χ0v) is 11.0. The molecule has 0 atom stereocenters. The summed E-state index contributed by atoms with van der Waals surface area (Å²) in [5, 5.41) is 0.645. The fourth-order valence-electron chi connectivity index (χ4n) is 2.77. The molecular weight excluding hydrogens is 256 g/mol. The lowest BCUT2D eigenvalue weighted by molar-refractivity contribution is 0.416. The first kappa shape index (κ1) is 10.9. The zero-order valence-electron chi connectivity index (χ0n) is 10.2. The molecule has 0 saturated heterocycles. The zero-order chi connectivity index (χ0) is 12.9. The van der Waals surface area contributed by atoms with Gasteiger partial charge in [-0.25, -0.2) is 4.99 Å². The van der Waals surface area contributed by atoms with Gasteiger partial charge in [-0.3, -0.25) is 0 Å². The molecule has 2 heterocycles. The Kier molecular flexibility index (Phi) is 2.17. The van der Waals surface area contributed by atoms with E-state index in [9.17, 15) is 0 Å². The van der Waals surface area contributed by atoms with Gasteiger partial charge in [-0.2, -0.15) is 0 Å². The standard InChI is InChI=1S/C15H12N2OS/c16-14-17-15(9-19-14)10-5-1-3-7-12(10)18-13-8-4-2-6-11(13)15/h1-8H,9H2,(H2,16,17). The first-order chi connectivity index (χ1) is 9.29. The highest BCUT2D eigenvalue weighted by atomic mass is 32.2. The molecular formula is C15H12N2OS. The molecule has 1 spiro atoms. The van der Waals surface area contributed by atoms with E-state index >= 15 is 0 Å². The number of nitrogens with zero attached hydrogens (tertiary/aromatic N) is 1. The van der Waals surface area contributed by atoms with Crippen molar-refractivity contribution in [2.75, 3.05) is 5.75 Å². The summed E-state index contributed by atoms with van der Waals surface area (Å²) in [6.07, 6.45) is 0. The number of amidine groups is 1. The second kappa shape index (κ2) is 3.78. The van der Waals surface area contributed by atoms with Gasteiger partial charge in [-0.05, 0) is 12.1 Å². The number of hydrogen-bond donors (Lipinski definition) is 1. The van der Waals surface area contributed by atoms with Crippen LogP contribution in [-0.4, -0.2) is 10.9 Å². The minimum Gasteiger partial charge on any atom is -0.457 e. The van der Waals surface area contributed by atoms with E-state index in [-0.39, 0.29) is 5.54 Å². The highest BCUT2D eigenvalue weighted by Crippen LogP contribution is 2.52. The van der Waals surface area contributed by atoms with Crippen molar-refractivity contribution >= 4 is 16.9 Å². The third-order valence-electron chi connectivity index (χ3n) is 3.62. The second-order valence-corrected chi connectivity index (χ2v) is 5.69.